The molecule has 2 aliphatic rings. The summed E-state index contributed by atoms with van der Waals surface area (Å²) in [5.74, 6) is 0.154. The van der Waals surface area contributed by atoms with E-state index >= 15 is 0 Å². The van der Waals surface area contributed by atoms with Crippen LogP contribution in [0.15, 0.2) is 0 Å². The van der Waals surface area contributed by atoms with Crippen molar-refractivity contribution < 1.29 is 9.53 Å². The summed E-state index contributed by atoms with van der Waals surface area (Å²) in [6.45, 7) is 1.62. The van der Waals surface area contributed by atoms with Crippen LogP contribution in [0, 0.1) is 5.92 Å². The molecule has 56 valence electrons. The minimum absolute atomic E-state index is 0.00116. The van der Waals surface area contributed by atoms with Crippen molar-refractivity contribution in [2.75, 3.05) is 13.1 Å². The second-order valence-electron chi connectivity index (χ2n) is 2.99. The van der Waals surface area contributed by atoms with Crippen LogP contribution in [0.25, 0.3) is 0 Å². The average molecular weight is 141 g/mol. The van der Waals surface area contributed by atoms with Gasteiger partial charge in [-0.25, -0.2) is 0 Å². The van der Waals surface area contributed by atoms with Crippen LogP contribution in [0.4, 0.5) is 0 Å². The van der Waals surface area contributed by atoms with Gasteiger partial charge in [0, 0.05) is 13.1 Å². The Bertz CT molecular complexity index is 150. The monoisotopic (exact) mass is 141 g/mol. The van der Waals surface area contributed by atoms with Gasteiger partial charge in [0.25, 0.3) is 0 Å². The highest BCUT2D eigenvalue weighted by atomic mass is 16.5. The molecule has 1 saturated carbocycles. The summed E-state index contributed by atoms with van der Waals surface area (Å²) >= 11 is 0. The number of ether oxygens (including phenoxy) is 1. The van der Waals surface area contributed by atoms with Crippen LogP contribution in [-0.2, 0) is 9.53 Å². The van der Waals surface area contributed by atoms with Gasteiger partial charge in [0.15, 0.2) is 0 Å². The molecule has 0 atom stereocenters. The number of carbonyl (C=O) groups is 1. The van der Waals surface area contributed by atoms with Crippen LogP contribution in [0.5, 0.6) is 0 Å². The Hall–Kier alpha value is -0.570. The zero-order valence-electron chi connectivity index (χ0n) is 5.80. The van der Waals surface area contributed by atoms with Crippen LogP contribution in [-0.4, -0.2) is 25.2 Å². The number of hydrogen-bond donors (Lipinski definition) is 1. The molecule has 0 unspecified atom stereocenters. The van der Waals surface area contributed by atoms with Crippen LogP contribution < -0.4 is 5.32 Å². The van der Waals surface area contributed by atoms with E-state index in [0.29, 0.717) is 0 Å². The van der Waals surface area contributed by atoms with Gasteiger partial charge in [-0.15, -0.1) is 0 Å². The van der Waals surface area contributed by atoms with Gasteiger partial charge < -0.3 is 10.1 Å². The highest BCUT2D eigenvalue weighted by Crippen LogP contribution is 2.25. The number of esters is 1. The largest absolute Gasteiger partial charge is 0.462 e. The number of carbonyl (C=O) groups excluding carboxylic acids is 1. The lowest BCUT2D eigenvalue weighted by atomic mass is 10.0. The van der Waals surface area contributed by atoms with Gasteiger partial charge in [-0.1, -0.05) is 0 Å². The molecule has 2 rings (SSSR count). The van der Waals surface area contributed by atoms with Crippen LogP contribution >= 0.6 is 0 Å². The Morgan fingerprint density at radius 1 is 1.40 bits per heavy atom. The minimum atomic E-state index is 0.00116. The lowest BCUT2D eigenvalue weighted by Crippen LogP contribution is -2.47. The van der Waals surface area contributed by atoms with Gasteiger partial charge >= 0.3 is 5.97 Å². The van der Waals surface area contributed by atoms with Gasteiger partial charge in [-0.3, -0.25) is 4.79 Å². The van der Waals surface area contributed by atoms with Gasteiger partial charge in [-0.2, -0.15) is 0 Å². The molecule has 0 aromatic carbocycles. The topological polar surface area (TPSA) is 38.3 Å². The fraction of sp³-hybridized carbons (Fsp3) is 0.857. The number of nitrogens with one attached hydrogen (secondary N) is 1. The molecule has 0 spiro atoms. The van der Waals surface area contributed by atoms with Gasteiger partial charge in [0.05, 0.1) is 5.92 Å². The highest BCUT2D eigenvalue weighted by Gasteiger charge is 2.32. The summed E-state index contributed by atoms with van der Waals surface area (Å²) in [4.78, 5) is 11.0. The Morgan fingerprint density at radius 3 is 2.50 bits per heavy atom. The summed E-state index contributed by atoms with van der Waals surface area (Å²) in [7, 11) is 0. The van der Waals surface area contributed by atoms with Crippen molar-refractivity contribution >= 4 is 5.97 Å². The standard InChI is InChI=1S/C7H11NO2/c9-7(5-3-8-4-5)10-6-1-2-6/h5-6,8H,1-4H2. The molecule has 0 radical (unpaired) electrons. The second kappa shape index (κ2) is 2.23. The molecule has 2 fully saturated rings. The smallest absolute Gasteiger partial charge is 0.311 e. The normalized spacial score (nSPS) is 25.6. The summed E-state index contributed by atoms with van der Waals surface area (Å²) in [5.41, 5.74) is 0. The third-order valence-corrected chi connectivity index (χ3v) is 1.92. The summed E-state index contributed by atoms with van der Waals surface area (Å²) < 4.78 is 5.09. The van der Waals surface area contributed by atoms with Gasteiger partial charge in [0.2, 0.25) is 0 Å². The molecule has 10 heavy (non-hydrogen) atoms. The summed E-state index contributed by atoms with van der Waals surface area (Å²) in [6, 6.07) is 0. The van der Waals surface area contributed by atoms with E-state index < -0.39 is 0 Å². The Morgan fingerprint density at radius 2 is 2.10 bits per heavy atom. The molecular weight excluding hydrogens is 130 g/mol. The molecule has 1 aliphatic carbocycles. The molecule has 1 N–H and O–H groups in total. The van der Waals surface area contributed by atoms with Crippen molar-refractivity contribution in [3.8, 4) is 0 Å². The van der Waals surface area contributed by atoms with Crippen molar-refractivity contribution in [3.63, 3.8) is 0 Å². The summed E-state index contributed by atoms with van der Waals surface area (Å²) in [5, 5.41) is 3.03. The van der Waals surface area contributed by atoms with E-state index in [1.54, 1.807) is 0 Å². The number of hydrogen-bond acceptors (Lipinski definition) is 3. The maximum absolute atomic E-state index is 11.0. The van der Waals surface area contributed by atoms with Crippen LogP contribution in [0.2, 0.25) is 0 Å². The van der Waals surface area contributed by atoms with E-state index in [-0.39, 0.29) is 18.0 Å². The maximum Gasteiger partial charge on any atom is 0.311 e. The first-order valence-electron chi connectivity index (χ1n) is 3.77. The Labute approximate surface area is 59.7 Å². The zero-order valence-corrected chi connectivity index (χ0v) is 5.80. The molecule has 3 heteroatoms. The van der Waals surface area contributed by atoms with Gasteiger partial charge in [-0.05, 0) is 12.8 Å². The predicted molar refractivity (Wildman–Crippen MR) is 35.5 cm³/mol. The van der Waals surface area contributed by atoms with E-state index in [1.165, 1.54) is 0 Å². The average Bonchev–Trinajstić information content (AvgIpc) is 2.43. The SMILES string of the molecule is O=C(OC1CC1)C1CNC1. The molecule has 1 heterocycles. The number of rotatable bonds is 2. The molecule has 0 amide bonds. The zero-order chi connectivity index (χ0) is 6.97. The predicted octanol–water partition coefficient (Wildman–Crippen LogP) is -0.0886. The van der Waals surface area contributed by atoms with Crippen molar-refractivity contribution in [1.29, 1.82) is 0 Å². The third kappa shape index (κ3) is 1.14. The van der Waals surface area contributed by atoms with E-state index in [9.17, 15) is 4.79 Å². The minimum Gasteiger partial charge on any atom is -0.462 e. The van der Waals surface area contributed by atoms with Crippen molar-refractivity contribution in [3.05, 3.63) is 0 Å². The molecule has 0 aromatic heterocycles. The Balaban J connectivity index is 1.74. The molecule has 3 nitrogen and oxygen atoms in total. The first kappa shape index (κ1) is 6.16. The maximum atomic E-state index is 11.0. The van der Waals surface area contributed by atoms with E-state index in [4.69, 9.17) is 4.74 Å². The lowest BCUT2D eigenvalue weighted by Gasteiger charge is -2.24. The summed E-state index contributed by atoms with van der Waals surface area (Å²) in [6.07, 6.45) is 2.42. The van der Waals surface area contributed by atoms with E-state index in [0.717, 1.165) is 25.9 Å². The van der Waals surface area contributed by atoms with Crippen LogP contribution in [0.1, 0.15) is 12.8 Å². The lowest BCUT2D eigenvalue weighted by molar-refractivity contribution is -0.151. The molecular formula is C7H11NO2. The van der Waals surface area contributed by atoms with Gasteiger partial charge in [0.1, 0.15) is 6.10 Å². The highest BCUT2D eigenvalue weighted by molar-refractivity contribution is 5.74. The van der Waals surface area contributed by atoms with Crippen LogP contribution in [0.3, 0.4) is 0 Å². The third-order valence-electron chi connectivity index (χ3n) is 1.92. The first-order valence-corrected chi connectivity index (χ1v) is 3.77. The van der Waals surface area contributed by atoms with E-state index in [1.807, 2.05) is 0 Å². The van der Waals surface area contributed by atoms with Crippen molar-refractivity contribution in [2.45, 2.75) is 18.9 Å². The molecule has 1 aliphatic heterocycles. The fourth-order valence-electron chi connectivity index (χ4n) is 0.902. The molecule has 0 aromatic rings. The van der Waals surface area contributed by atoms with E-state index in [2.05, 4.69) is 5.32 Å². The van der Waals surface area contributed by atoms with Crippen molar-refractivity contribution in [1.82, 2.24) is 5.32 Å². The fourth-order valence-corrected chi connectivity index (χ4v) is 0.902. The second-order valence-corrected chi connectivity index (χ2v) is 2.99. The molecule has 0 bridgehead atoms. The van der Waals surface area contributed by atoms with Crippen molar-refractivity contribution in [2.24, 2.45) is 5.92 Å². The quantitative estimate of drug-likeness (QED) is 0.546. The Kier molecular flexibility index (Phi) is 1.38. The molecule has 1 saturated heterocycles. The first-order chi connectivity index (χ1) is 4.86.